The van der Waals surface area contributed by atoms with Gasteiger partial charge in [-0.05, 0) is 6.04 Å². The summed E-state index contributed by atoms with van der Waals surface area (Å²) in [6.45, 7) is 8.19. The highest BCUT2D eigenvalue weighted by Gasteiger charge is 2.29. The lowest BCUT2D eigenvalue weighted by Crippen LogP contribution is -2.34. The first kappa shape index (κ1) is 16.6. The molecule has 0 aromatic heterocycles. The lowest BCUT2D eigenvalue weighted by atomic mass is 10.5. The van der Waals surface area contributed by atoms with E-state index in [-0.39, 0.29) is 0 Å². The molecule has 0 aliphatic carbocycles. The second kappa shape index (κ2) is 10.8. The standard InChI is InChI=1S/C12H27BrO2Si/c1-4-8-16(9-5-2,10-6-3)11-7-14-12-15-13/h4-12H2,1-3H3. The molecule has 0 N–H and O–H groups in total. The molecule has 0 spiro atoms. The SMILES string of the molecule is CCC[Si](CCC)(CCC)CCOCOBr. The number of halogens is 1. The van der Waals surface area contributed by atoms with E-state index in [0.717, 1.165) is 6.61 Å². The highest BCUT2D eigenvalue weighted by Crippen LogP contribution is 2.30. The maximum Gasteiger partial charge on any atom is 0.159 e. The molecule has 0 saturated heterocycles. The van der Waals surface area contributed by atoms with Crippen molar-refractivity contribution in [3.05, 3.63) is 0 Å². The highest BCUT2D eigenvalue weighted by atomic mass is 79.9. The summed E-state index contributed by atoms with van der Waals surface area (Å²) in [4.78, 5) is 0. The van der Waals surface area contributed by atoms with Crippen molar-refractivity contribution in [2.75, 3.05) is 13.4 Å². The predicted octanol–water partition coefficient (Wildman–Crippen LogP) is 4.97. The van der Waals surface area contributed by atoms with Crippen LogP contribution >= 0.6 is 16.3 Å². The molecule has 0 saturated carbocycles. The first-order chi connectivity index (χ1) is 7.74. The summed E-state index contributed by atoms with van der Waals surface area (Å²) < 4.78 is 10.2. The molecule has 0 aliphatic heterocycles. The van der Waals surface area contributed by atoms with E-state index in [1.807, 2.05) is 0 Å². The van der Waals surface area contributed by atoms with E-state index in [1.165, 1.54) is 43.4 Å². The van der Waals surface area contributed by atoms with E-state index >= 15 is 0 Å². The molecule has 0 rings (SSSR count). The number of hydrogen-bond donors (Lipinski definition) is 0. The van der Waals surface area contributed by atoms with Crippen LogP contribution in [-0.4, -0.2) is 21.5 Å². The molecule has 0 atom stereocenters. The fraction of sp³-hybridized carbons (Fsp3) is 1.00. The summed E-state index contributed by atoms with van der Waals surface area (Å²) in [5, 5.41) is 0. The van der Waals surface area contributed by atoms with Gasteiger partial charge in [-0.3, -0.25) is 3.83 Å². The van der Waals surface area contributed by atoms with E-state index < -0.39 is 8.07 Å². The summed E-state index contributed by atoms with van der Waals surface area (Å²) in [7, 11) is -1.04. The topological polar surface area (TPSA) is 18.5 Å². The van der Waals surface area contributed by atoms with Gasteiger partial charge >= 0.3 is 0 Å². The van der Waals surface area contributed by atoms with Crippen LogP contribution in [0.2, 0.25) is 24.2 Å². The summed E-state index contributed by atoms with van der Waals surface area (Å²) in [6, 6.07) is 5.70. The molecule has 0 radical (unpaired) electrons. The number of ether oxygens (including phenoxy) is 1. The van der Waals surface area contributed by atoms with E-state index in [0.29, 0.717) is 6.79 Å². The Morgan fingerprint density at radius 2 is 1.38 bits per heavy atom. The molecule has 0 amide bonds. The third-order valence-electron chi connectivity index (χ3n) is 3.25. The largest absolute Gasteiger partial charge is 0.355 e. The van der Waals surface area contributed by atoms with Gasteiger partial charge in [0.1, 0.15) is 16.3 Å². The van der Waals surface area contributed by atoms with Crippen LogP contribution in [0.3, 0.4) is 0 Å². The van der Waals surface area contributed by atoms with Gasteiger partial charge in [-0.15, -0.1) is 0 Å². The Hall–Kier alpha value is 0.617. The Bertz CT molecular complexity index is 139. The monoisotopic (exact) mass is 310 g/mol. The minimum Gasteiger partial charge on any atom is -0.355 e. The van der Waals surface area contributed by atoms with Crippen LogP contribution < -0.4 is 0 Å². The molecule has 0 aliphatic rings. The Labute approximate surface area is 111 Å². The van der Waals surface area contributed by atoms with Crippen LogP contribution in [-0.2, 0) is 8.57 Å². The van der Waals surface area contributed by atoms with Gasteiger partial charge < -0.3 is 4.74 Å². The third-order valence-corrected chi connectivity index (χ3v) is 9.38. The summed E-state index contributed by atoms with van der Waals surface area (Å²) in [5.74, 6) is 0. The second-order valence-electron chi connectivity index (χ2n) is 4.64. The van der Waals surface area contributed by atoms with Gasteiger partial charge in [0, 0.05) is 6.61 Å². The highest BCUT2D eigenvalue weighted by molar-refractivity contribution is 9.06. The van der Waals surface area contributed by atoms with E-state index in [4.69, 9.17) is 8.57 Å². The van der Waals surface area contributed by atoms with Crippen molar-refractivity contribution in [2.45, 2.75) is 64.2 Å². The first-order valence-corrected chi connectivity index (χ1v) is 10.0. The van der Waals surface area contributed by atoms with Gasteiger partial charge in [-0.2, -0.15) is 0 Å². The molecule has 16 heavy (non-hydrogen) atoms. The van der Waals surface area contributed by atoms with E-state index in [2.05, 4.69) is 37.0 Å². The van der Waals surface area contributed by atoms with Crippen LogP contribution in [0, 0.1) is 0 Å². The number of hydrogen-bond acceptors (Lipinski definition) is 2. The van der Waals surface area contributed by atoms with E-state index in [1.54, 1.807) is 0 Å². The normalized spacial score (nSPS) is 12.0. The van der Waals surface area contributed by atoms with Crippen molar-refractivity contribution in [3.63, 3.8) is 0 Å². The Balaban J connectivity index is 4.12. The minimum absolute atomic E-state index is 0.370. The van der Waals surface area contributed by atoms with Gasteiger partial charge in [0.2, 0.25) is 0 Å². The quantitative estimate of drug-likeness (QED) is 0.305. The first-order valence-electron chi connectivity index (χ1n) is 6.56. The Kier molecular flexibility index (Phi) is 11.2. The van der Waals surface area contributed by atoms with Gasteiger partial charge in [0.05, 0.1) is 8.07 Å². The molecule has 98 valence electrons. The lowest BCUT2D eigenvalue weighted by molar-refractivity contribution is 0.0412. The van der Waals surface area contributed by atoms with Crippen molar-refractivity contribution in [1.82, 2.24) is 0 Å². The van der Waals surface area contributed by atoms with Crippen LogP contribution in [0.25, 0.3) is 0 Å². The van der Waals surface area contributed by atoms with Gasteiger partial charge in [-0.1, -0.05) is 58.2 Å². The van der Waals surface area contributed by atoms with Crippen molar-refractivity contribution in [1.29, 1.82) is 0 Å². The van der Waals surface area contributed by atoms with E-state index in [9.17, 15) is 0 Å². The zero-order valence-corrected chi connectivity index (χ0v) is 13.6. The summed E-state index contributed by atoms with van der Waals surface area (Å²) in [6.07, 6.45) is 4.00. The molecule has 0 fully saturated rings. The van der Waals surface area contributed by atoms with Crippen molar-refractivity contribution < 1.29 is 8.57 Å². The minimum atomic E-state index is -1.04. The predicted molar refractivity (Wildman–Crippen MR) is 76.7 cm³/mol. The van der Waals surface area contributed by atoms with Crippen LogP contribution in [0.15, 0.2) is 0 Å². The maximum absolute atomic E-state index is 5.44. The molecule has 0 heterocycles. The van der Waals surface area contributed by atoms with Crippen molar-refractivity contribution in [3.8, 4) is 0 Å². The smallest absolute Gasteiger partial charge is 0.159 e. The van der Waals surface area contributed by atoms with Gasteiger partial charge in [0.25, 0.3) is 0 Å². The fourth-order valence-corrected chi connectivity index (χ4v) is 8.11. The molecule has 0 aromatic rings. The fourth-order valence-electron chi connectivity index (χ4n) is 2.72. The summed E-state index contributed by atoms with van der Waals surface area (Å²) in [5.41, 5.74) is 0. The van der Waals surface area contributed by atoms with Crippen molar-refractivity contribution in [2.24, 2.45) is 0 Å². The molecule has 0 bridgehead atoms. The molecular formula is C12H27BrO2Si. The molecule has 2 nitrogen and oxygen atoms in total. The van der Waals surface area contributed by atoms with Gasteiger partial charge in [0.15, 0.2) is 6.79 Å². The lowest BCUT2D eigenvalue weighted by Gasteiger charge is -2.31. The van der Waals surface area contributed by atoms with Crippen molar-refractivity contribution >= 4 is 24.3 Å². The number of rotatable bonds is 11. The average molecular weight is 311 g/mol. The molecule has 0 aromatic carbocycles. The van der Waals surface area contributed by atoms with Crippen LogP contribution in [0.5, 0.6) is 0 Å². The third kappa shape index (κ3) is 7.04. The zero-order chi connectivity index (χ0) is 12.3. The molecular weight excluding hydrogens is 284 g/mol. The average Bonchev–Trinajstić information content (AvgIpc) is 2.26. The summed E-state index contributed by atoms with van der Waals surface area (Å²) >= 11 is 2.91. The van der Waals surface area contributed by atoms with Crippen LogP contribution in [0.4, 0.5) is 0 Å². The van der Waals surface area contributed by atoms with Crippen LogP contribution in [0.1, 0.15) is 40.0 Å². The zero-order valence-electron chi connectivity index (χ0n) is 11.1. The Morgan fingerprint density at radius 1 is 0.875 bits per heavy atom. The van der Waals surface area contributed by atoms with Gasteiger partial charge in [-0.25, -0.2) is 0 Å². The molecule has 4 heteroatoms. The maximum atomic E-state index is 5.44. The Morgan fingerprint density at radius 3 is 1.75 bits per heavy atom. The molecule has 0 unspecified atom stereocenters. The second-order valence-corrected chi connectivity index (χ2v) is 10.1.